The van der Waals surface area contributed by atoms with Gasteiger partial charge in [-0.05, 0) is 24.8 Å². The summed E-state index contributed by atoms with van der Waals surface area (Å²) in [5.41, 5.74) is 0.771. The molecule has 122 valence electrons. The predicted molar refractivity (Wildman–Crippen MR) is 83.7 cm³/mol. The lowest BCUT2D eigenvalue weighted by Gasteiger charge is -2.41. The van der Waals surface area contributed by atoms with E-state index in [1.807, 2.05) is 12.1 Å². The molecule has 0 saturated carbocycles. The van der Waals surface area contributed by atoms with Crippen LogP contribution in [-0.2, 0) is 4.74 Å². The third kappa shape index (κ3) is 3.26. The molecule has 1 aromatic rings. The van der Waals surface area contributed by atoms with Gasteiger partial charge in [0.2, 0.25) is 0 Å². The van der Waals surface area contributed by atoms with E-state index in [2.05, 4.69) is 10.2 Å². The fraction of sp³-hybridized carbons (Fsp3) is 0.647. The van der Waals surface area contributed by atoms with Gasteiger partial charge in [0, 0.05) is 51.0 Å². The second-order valence-corrected chi connectivity index (χ2v) is 6.04. The van der Waals surface area contributed by atoms with Crippen LogP contribution in [0.1, 0.15) is 24.4 Å². The van der Waals surface area contributed by atoms with E-state index in [1.165, 1.54) is 7.11 Å². The Morgan fingerprint density at radius 1 is 1.27 bits per heavy atom. The maximum atomic E-state index is 14.8. The van der Waals surface area contributed by atoms with Gasteiger partial charge in [0.15, 0.2) is 11.6 Å². The van der Waals surface area contributed by atoms with Gasteiger partial charge in [-0.25, -0.2) is 4.39 Å². The average molecular weight is 308 g/mol. The molecular weight excluding hydrogens is 283 g/mol. The largest absolute Gasteiger partial charge is 0.494 e. The number of benzene rings is 1. The lowest BCUT2D eigenvalue weighted by atomic mass is 9.85. The molecule has 0 amide bonds. The molecule has 1 N–H and O–H groups in total. The Hall–Kier alpha value is -1.17. The number of ether oxygens (including phenoxy) is 2. The summed E-state index contributed by atoms with van der Waals surface area (Å²) in [6.07, 6.45) is 1.98. The third-order valence-corrected chi connectivity index (χ3v) is 4.79. The van der Waals surface area contributed by atoms with Gasteiger partial charge in [-0.2, -0.15) is 0 Å². The summed E-state index contributed by atoms with van der Waals surface area (Å²) in [7, 11) is 1.52. The first-order valence-electron chi connectivity index (χ1n) is 8.16. The zero-order valence-electron chi connectivity index (χ0n) is 13.2. The molecule has 5 heteroatoms. The molecule has 2 aliphatic rings. The lowest BCUT2D eigenvalue weighted by molar-refractivity contribution is 0.0202. The zero-order chi connectivity index (χ0) is 15.4. The molecule has 22 heavy (non-hydrogen) atoms. The Balaban J connectivity index is 1.93. The van der Waals surface area contributed by atoms with Crippen LogP contribution in [0.3, 0.4) is 0 Å². The molecular formula is C17H25FN2O2. The molecule has 2 saturated heterocycles. The normalized spacial score (nSPS) is 22.5. The summed E-state index contributed by atoms with van der Waals surface area (Å²) in [6, 6.07) is 5.62. The van der Waals surface area contributed by atoms with Crippen LogP contribution in [0.2, 0.25) is 0 Å². The predicted octanol–water partition coefficient (Wildman–Crippen LogP) is 2.21. The van der Waals surface area contributed by atoms with Crippen molar-refractivity contribution in [2.24, 2.45) is 5.92 Å². The van der Waals surface area contributed by atoms with Crippen LogP contribution < -0.4 is 10.1 Å². The maximum absolute atomic E-state index is 14.8. The Morgan fingerprint density at radius 2 is 2.00 bits per heavy atom. The zero-order valence-corrected chi connectivity index (χ0v) is 13.2. The number of nitrogens with zero attached hydrogens (tertiary/aromatic N) is 1. The van der Waals surface area contributed by atoms with E-state index < -0.39 is 0 Å². The lowest BCUT2D eigenvalue weighted by Crippen LogP contribution is -2.47. The molecule has 2 fully saturated rings. The summed E-state index contributed by atoms with van der Waals surface area (Å²) in [5, 5.41) is 3.38. The van der Waals surface area contributed by atoms with Crippen molar-refractivity contribution in [2.75, 3.05) is 46.5 Å². The smallest absolute Gasteiger partial charge is 0.169 e. The van der Waals surface area contributed by atoms with E-state index in [0.29, 0.717) is 11.7 Å². The van der Waals surface area contributed by atoms with Gasteiger partial charge in [-0.1, -0.05) is 12.1 Å². The number of halogens is 1. The molecule has 4 nitrogen and oxygen atoms in total. The molecule has 0 unspecified atom stereocenters. The average Bonchev–Trinajstić information content (AvgIpc) is 2.59. The highest BCUT2D eigenvalue weighted by atomic mass is 19.1. The van der Waals surface area contributed by atoms with E-state index in [4.69, 9.17) is 9.47 Å². The summed E-state index contributed by atoms with van der Waals surface area (Å²) in [5.74, 6) is 0.568. The Morgan fingerprint density at radius 3 is 2.68 bits per heavy atom. The van der Waals surface area contributed by atoms with Gasteiger partial charge < -0.3 is 14.8 Å². The molecule has 0 radical (unpaired) electrons. The van der Waals surface area contributed by atoms with Crippen molar-refractivity contribution in [1.82, 2.24) is 10.2 Å². The van der Waals surface area contributed by atoms with Crippen molar-refractivity contribution >= 4 is 0 Å². The molecule has 0 aromatic heterocycles. The van der Waals surface area contributed by atoms with Gasteiger partial charge in [0.25, 0.3) is 0 Å². The second kappa shape index (κ2) is 7.40. The first-order valence-corrected chi connectivity index (χ1v) is 8.16. The molecule has 2 heterocycles. The molecule has 0 aliphatic carbocycles. The standard InChI is InChI=1S/C17H25FN2O2/c1-21-15-4-2-3-14(16(15)18)17(13-5-11-22-12-6-13)20-9-7-19-8-10-20/h2-4,13,17,19H,5-12H2,1H3/t17-/m0/s1. The number of methoxy groups -OCH3 is 1. The van der Waals surface area contributed by atoms with Crippen LogP contribution in [0.4, 0.5) is 4.39 Å². The summed E-state index contributed by atoms with van der Waals surface area (Å²) in [6.45, 7) is 5.39. The molecule has 0 bridgehead atoms. The topological polar surface area (TPSA) is 33.7 Å². The van der Waals surface area contributed by atoms with Crippen molar-refractivity contribution in [3.8, 4) is 5.75 Å². The van der Waals surface area contributed by atoms with Crippen molar-refractivity contribution in [3.05, 3.63) is 29.6 Å². The molecule has 2 aliphatic heterocycles. The SMILES string of the molecule is COc1cccc([C@H](C2CCOCC2)N2CCNCC2)c1F. The minimum absolute atomic E-state index is 0.112. The van der Waals surface area contributed by atoms with Crippen LogP contribution in [0.25, 0.3) is 0 Å². The summed E-state index contributed by atoms with van der Waals surface area (Å²) >= 11 is 0. The van der Waals surface area contributed by atoms with Gasteiger partial charge in [0.05, 0.1) is 7.11 Å². The van der Waals surface area contributed by atoms with Gasteiger partial charge in [0.1, 0.15) is 0 Å². The van der Waals surface area contributed by atoms with Crippen LogP contribution in [0, 0.1) is 11.7 Å². The summed E-state index contributed by atoms with van der Waals surface area (Å²) in [4.78, 5) is 2.42. The minimum Gasteiger partial charge on any atom is -0.494 e. The quantitative estimate of drug-likeness (QED) is 0.925. The van der Waals surface area contributed by atoms with Crippen molar-refractivity contribution in [3.63, 3.8) is 0 Å². The van der Waals surface area contributed by atoms with E-state index in [1.54, 1.807) is 6.07 Å². The highest BCUT2D eigenvalue weighted by molar-refractivity contribution is 5.33. The van der Waals surface area contributed by atoms with Crippen LogP contribution in [0.5, 0.6) is 5.75 Å². The second-order valence-electron chi connectivity index (χ2n) is 6.04. The van der Waals surface area contributed by atoms with Gasteiger partial charge in [-0.15, -0.1) is 0 Å². The minimum atomic E-state index is -0.208. The first-order chi connectivity index (χ1) is 10.8. The number of hydrogen-bond donors (Lipinski definition) is 1. The Labute approximate surface area is 131 Å². The monoisotopic (exact) mass is 308 g/mol. The number of piperazine rings is 1. The fourth-order valence-corrected chi connectivity index (χ4v) is 3.65. The first kappa shape index (κ1) is 15.7. The number of rotatable bonds is 4. The molecule has 1 aromatic carbocycles. The van der Waals surface area contributed by atoms with Gasteiger partial charge >= 0.3 is 0 Å². The van der Waals surface area contributed by atoms with Crippen LogP contribution >= 0.6 is 0 Å². The third-order valence-electron chi connectivity index (χ3n) is 4.79. The van der Waals surface area contributed by atoms with E-state index in [-0.39, 0.29) is 11.9 Å². The van der Waals surface area contributed by atoms with E-state index in [9.17, 15) is 4.39 Å². The Bertz CT molecular complexity index is 468. The highest BCUT2D eigenvalue weighted by Crippen LogP contribution is 2.38. The van der Waals surface area contributed by atoms with Gasteiger partial charge in [-0.3, -0.25) is 4.90 Å². The molecule has 1 atom stereocenters. The van der Waals surface area contributed by atoms with Crippen molar-refractivity contribution < 1.29 is 13.9 Å². The van der Waals surface area contributed by atoms with Crippen molar-refractivity contribution in [2.45, 2.75) is 18.9 Å². The van der Waals surface area contributed by atoms with Crippen LogP contribution in [-0.4, -0.2) is 51.4 Å². The summed E-state index contributed by atoms with van der Waals surface area (Å²) < 4.78 is 25.5. The van der Waals surface area contributed by atoms with E-state index in [0.717, 1.165) is 57.8 Å². The number of hydrogen-bond acceptors (Lipinski definition) is 4. The maximum Gasteiger partial charge on any atom is 0.169 e. The van der Waals surface area contributed by atoms with E-state index >= 15 is 0 Å². The molecule has 0 spiro atoms. The highest BCUT2D eigenvalue weighted by Gasteiger charge is 2.33. The van der Waals surface area contributed by atoms with Crippen molar-refractivity contribution in [1.29, 1.82) is 0 Å². The number of nitrogens with one attached hydrogen (secondary N) is 1. The Kier molecular flexibility index (Phi) is 5.28. The fourth-order valence-electron chi connectivity index (χ4n) is 3.65. The van der Waals surface area contributed by atoms with Crippen LogP contribution in [0.15, 0.2) is 18.2 Å². The molecule has 3 rings (SSSR count).